The lowest BCUT2D eigenvalue weighted by atomic mass is 9.70. The van der Waals surface area contributed by atoms with Crippen LogP contribution in [0.4, 0.5) is 0 Å². The minimum absolute atomic E-state index is 0.0296. The molecule has 306 valence electrons. The molecule has 4 aliphatic rings. The maximum atomic E-state index is 14.8. The number of benzene rings is 2. The molecule has 0 heterocycles. The molecule has 57 heavy (non-hydrogen) atoms. The van der Waals surface area contributed by atoms with E-state index in [0.29, 0.717) is 55.9 Å². The molecule has 2 aromatic rings. The Kier molecular flexibility index (Phi) is 12.8. The molecular weight excluding hydrogens is 717 g/mol. The predicted octanol–water partition coefficient (Wildman–Crippen LogP) is 10.2. The number of ketones is 4. The van der Waals surface area contributed by atoms with Crippen LogP contribution in [-0.4, -0.2) is 48.4 Å². The lowest BCUT2D eigenvalue weighted by Crippen LogP contribution is -2.39. The highest BCUT2D eigenvalue weighted by Gasteiger charge is 2.59. The maximum Gasteiger partial charge on any atom is 0.306 e. The molecule has 3 saturated carbocycles. The van der Waals surface area contributed by atoms with E-state index >= 15 is 0 Å². The normalized spacial score (nSPS) is 25.2. The van der Waals surface area contributed by atoms with Gasteiger partial charge in [0, 0.05) is 47.8 Å². The van der Waals surface area contributed by atoms with Gasteiger partial charge in [-0.2, -0.15) is 0 Å². The number of Topliss-reactive ketones (excluding diaryl/α,β-unsaturated/α-hetero) is 4. The van der Waals surface area contributed by atoms with Crippen molar-refractivity contribution < 1.29 is 38.2 Å². The number of esters is 1. The van der Waals surface area contributed by atoms with E-state index in [2.05, 4.69) is 38.6 Å². The Hall–Kier alpha value is -4.33. The van der Waals surface area contributed by atoms with E-state index in [0.717, 1.165) is 53.2 Å². The molecule has 0 aromatic heterocycles. The van der Waals surface area contributed by atoms with Crippen LogP contribution in [-0.2, 0) is 28.7 Å². The first kappa shape index (κ1) is 42.3. The van der Waals surface area contributed by atoms with Crippen molar-refractivity contribution >= 4 is 45.4 Å². The summed E-state index contributed by atoms with van der Waals surface area (Å²) in [6.45, 7) is 15.5. The predicted molar refractivity (Wildman–Crippen MR) is 223 cm³/mol. The summed E-state index contributed by atoms with van der Waals surface area (Å²) in [6.07, 6.45) is 12.1. The smallest absolute Gasteiger partial charge is 0.306 e. The van der Waals surface area contributed by atoms with Crippen LogP contribution in [0.3, 0.4) is 0 Å². The fraction of sp³-hybridized carbons (Fsp3) is 0.571. The van der Waals surface area contributed by atoms with Crippen LogP contribution in [0.2, 0.25) is 0 Å². The molecular formula is C49H62O8. The Morgan fingerprint density at radius 1 is 0.965 bits per heavy atom. The standard InChI is InChI=1S/C49H62O8/c1-9-35-27-49(35,30(4)50)28-44(52)41-24-39(25-42(41)47(54)43(48(5,6)7)26-46(53)57-37-12-10-11-13-37)56-45-23-33(21-34-22-38(55-8)16-17-40(34)45)32-15-14-31(19-32)20-36(51)18-29(2)3/h9,15-17,19,21-23,29,35,37,39,41-43H,1,10-14,18,20,24-28H2,2-8H3. The minimum atomic E-state index is -0.774. The number of hydrogen-bond acceptors (Lipinski definition) is 8. The van der Waals surface area contributed by atoms with E-state index in [9.17, 15) is 24.0 Å². The summed E-state index contributed by atoms with van der Waals surface area (Å²) < 4.78 is 18.3. The summed E-state index contributed by atoms with van der Waals surface area (Å²) in [5.74, 6) is -0.802. The Morgan fingerprint density at radius 3 is 2.32 bits per heavy atom. The molecule has 0 spiro atoms. The van der Waals surface area contributed by atoms with Crippen molar-refractivity contribution in [2.75, 3.05) is 7.11 Å². The number of rotatable bonds is 18. The number of allylic oxidation sites excluding steroid dienone is 5. The summed E-state index contributed by atoms with van der Waals surface area (Å²) in [4.78, 5) is 68.2. The molecule has 3 fully saturated rings. The average Bonchev–Trinajstić information content (AvgIpc) is 3.56. The third-order valence-corrected chi connectivity index (χ3v) is 13.0. The second-order valence-electron chi connectivity index (χ2n) is 18.8. The third-order valence-electron chi connectivity index (χ3n) is 13.0. The van der Waals surface area contributed by atoms with Gasteiger partial charge in [-0.05, 0) is 122 Å². The molecule has 0 amide bonds. The van der Waals surface area contributed by atoms with Gasteiger partial charge in [-0.15, -0.1) is 6.58 Å². The molecule has 0 N–H and O–H groups in total. The summed E-state index contributed by atoms with van der Waals surface area (Å²) in [7, 11) is 1.63. The van der Waals surface area contributed by atoms with Crippen LogP contribution in [0.1, 0.15) is 124 Å². The fourth-order valence-corrected chi connectivity index (χ4v) is 9.64. The van der Waals surface area contributed by atoms with Crippen LogP contribution in [0.15, 0.2) is 60.7 Å². The Bertz CT molecular complexity index is 1970. The van der Waals surface area contributed by atoms with Crippen LogP contribution >= 0.6 is 0 Å². The van der Waals surface area contributed by atoms with Crippen LogP contribution in [0.5, 0.6) is 11.5 Å². The topological polar surface area (TPSA) is 113 Å². The first-order valence-electron chi connectivity index (χ1n) is 21.1. The number of carbonyl (C=O) groups is 5. The van der Waals surface area contributed by atoms with E-state index in [1.54, 1.807) is 20.1 Å². The van der Waals surface area contributed by atoms with Crippen molar-refractivity contribution in [2.45, 2.75) is 131 Å². The highest BCUT2D eigenvalue weighted by Crippen LogP contribution is 2.58. The lowest BCUT2D eigenvalue weighted by Gasteiger charge is -2.32. The van der Waals surface area contributed by atoms with Crippen molar-refractivity contribution in [3.63, 3.8) is 0 Å². The zero-order valence-corrected chi connectivity index (χ0v) is 35.1. The van der Waals surface area contributed by atoms with Gasteiger partial charge < -0.3 is 14.2 Å². The second kappa shape index (κ2) is 17.3. The van der Waals surface area contributed by atoms with E-state index in [1.165, 1.54) is 0 Å². The van der Waals surface area contributed by atoms with E-state index in [1.807, 2.05) is 45.0 Å². The molecule has 0 bridgehead atoms. The van der Waals surface area contributed by atoms with Crippen molar-refractivity contribution in [2.24, 2.45) is 40.4 Å². The largest absolute Gasteiger partial charge is 0.497 e. The summed E-state index contributed by atoms with van der Waals surface area (Å²) in [5.41, 5.74) is 1.70. The number of methoxy groups -OCH3 is 1. The zero-order chi connectivity index (χ0) is 41.2. The summed E-state index contributed by atoms with van der Waals surface area (Å²) >= 11 is 0. The Labute approximate surface area is 338 Å². The Balaban J connectivity index is 1.31. The summed E-state index contributed by atoms with van der Waals surface area (Å²) in [5, 5.41) is 1.79. The molecule has 6 rings (SSSR count). The van der Waals surface area contributed by atoms with Gasteiger partial charge in [-0.25, -0.2) is 0 Å². The quantitative estimate of drug-likeness (QED) is 0.109. The van der Waals surface area contributed by atoms with Gasteiger partial charge in [-0.1, -0.05) is 58.4 Å². The van der Waals surface area contributed by atoms with E-state index in [4.69, 9.17) is 14.2 Å². The number of carbonyl (C=O) groups excluding carboxylic acids is 5. The van der Waals surface area contributed by atoms with Gasteiger partial charge in [0.25, 0.3) is 0 Å². The molecule has 6 unspecified atom stereocenters. The van der Waals surface area contributed by atoms with Crippen LogP contribution < -0.4 is 9.47 Å². The Morgan fingerprint density at radius 2 is 1.68 bits per heavy atom. The molecule has 2 aromatic carbocycles. The molecule has 4 aliphatic carbocycles. The first-order valence-corrected chi connectivity index (χ1v) is 21.1. The number of ether oxygens (including phenoxy) is 3. The molecule has 0 saturated heterocycles. The van der Waals surface area contributed by atoms with Crippen molar-refractivity contribution in [3.05, 3.63) is 66.3 Å². The average molecular weight is 779 g/mol. The first-order chi connectivity index (χ1) is 27.0. The van der Waals surface area contributed by atoms with Gasteiger partial charge in [0.2, 0.25) is 0 Å². The van der Waals surface area contributed by atoms with Crippen molar-refractivity contribution in [1.82, 2.24) is 0 Å². The van der Waals surface area contributed by atoms with Crippen LogP contribution in [0.25, 0.3) is 16.3 Å². The molecule has 0 aliphatic heterocycles. The molecule has 8 heteroatoms. The van der Waals surface area contributed by atoms with Crippen molar-refractivity contribution in [3.8, 4) is 11.5 Å². The second-order valence-corrected chi connectivity index (χ2v) is 18.8. The molecule has 8 nitrogen and oxygen atoms in total. The zero-order valence-electron chi connectivity index (χ0n) is 35.1. The number of fused-ring (bicyclic) bond motifs is 1. The van der Waals surface area contributed by atoms with E-state index < -0.39 is 34.7 Å². The van der Waals surface area contributed by atoms with Crippen LogP contribution in [0, 0.1) is 40.4 Å². The van der Waals surface area contributed by atoms with Crippen molar-refractivity contribution in [1.29, 1.82) is 0 Å². The third kappa shape index (κ3) is 9.69. The molecule has 0 radical (unpaired) electrons. The van der Waals surface area contributed by atoms with E-state index in [-0.39, 0.29) is 54.0 Å². The highest BCUT2D eigenvalue weighted by atomic mass is 16.5. The highest BCUT2D eigenvalue weighted by molar-refractivity contribution is 5.98. The van der Waals surface area contributed by atoms with Gasteiger partial charge in [0.15, 0.2) is 0 Å². The SMILES string of the molecule is C=CC1CC1(CC(=O)C1CC(Oc2cc(C3=CCC(CC(=O)CC(C)C)=C3)cc3cc(OC)ccc23)CC1C(=O)C(CC(=O)OC1CCCC1)C(C)(C)C)C(C)=O. The van der Waals surface area contributed by atoms with Gasteiger partial charge >= 0.3 is 5.97 Å². The van der Waals surface area contributed by atoms with Gasteiger partial charge in [-0.3, -0.25) is 24.0 Å². The lowest BCUT2D eigenvalue weighted by molar-refractivity contribution is -0.154. The monoisotopic (exact) mass is 778 g/mol. The fourth-order valence-electron chi connectivity index (χ4n) is 9.64. The number of hydrogen-bond donors (Lipinski definition) is 0. The minimum Gasteiger partial charge on any atom is -0.497 e. The van der Waals surface area contributed by atoms with Gasteiger partial charge in [0.05, 0.1) is 13.5 Å². The molecule has 6 atom stereocenters. The maximum absolute atomic E-state index is 14.8. The summed E-state index contributed by atoms with van der Waals surface area (Å²) in [6, 6.07) is 9.94. The van der Waals surface area contributed by atoms with Gasteiger partial charge in [0.1, 0.15) is 46.8 Å².